The van der Waals surface area contributed by atoms with Crippen LogP contribution in [0.1, 0.15) is 38.5 Å². The van der Waals surface area contributed by atoms with Gasteiger partial charge in [0.15, 0.2) is 0 Å². The molecule has 2 heteroatoms. The van der Waals surface area contributed by atoms with Gasteiger partial charge in [-0.25, -0.2) is 0 Å². The van der Waals surface area contributed by atoms with Gasteiger partial charge in [0.05, 0.1) is 12.2 Å². The molecule has 2 saturated heterocycles. The van der Waals surface area contributed by atoms with Crippen molar-refractivity contribution in [3.8, 4) is 0 Å². The summed E-state index contributed by atoms with van der Waals surface area (Å²) in [6.45, 7) is 2.36. The molecular weight excluding hydrogens is 174 g/mol. The van der Waals surface area contributed by atoms with E-state index < -0.39 is 0 Å². The maximum Gasteiger partial charge on any atom is 0.0959 e. The molecule has 0 aromatic rings. The first-order valence-corrected chi connectivity index (χ1v) is 6.16. The van der Waals surface area contributed by atoms with Gasteiger partial charge in [0.25, 0.3) is 0 Å². The molecule has 0 bridgehead atoms. The van der Waals surface area contributed by atoms with Crippen LogP contribution in [0.15, 0.2) is 0 Å². The highest BCUT2D eigenvalue weighted by atomic mass is 16.6. The van der Waals surface area contributed by atoms with Crippen molar-refractivity contribution < 1.29 is 4.74 Å². The standard InChI is InChI=1S/C12H21NO/c1-13-8-4-6-11(13)10-5-2-3-7-12(10)9-14-12/h10-11H,2-9H2,1H3. The van der Waals surface area contributed by atoms with Gasteiger partial charge < -0.3 is 9.64 Å². The summed E-state index contributed by atoms with van der Waals surface area (Å²) in [4.78, 5) is 2.57. The van der Waals surface area contributed by atoms with Gasteiger partial charge in [-0.2, -0.15) is 0 Å². The van der Waals surface area contributed by atoms with Gasteiger partial charge in [-0.05, 0) is 39.3 Å². The van der Waals surface area contributed by atoms with Crippen LogP contribution in [0.5, 0.6) is 0 Å². The fourth-order valence-electron chi connectivity index (χ4n) is 3.68. The van der Waals surface area contributed by atoms with Crippen LogP contribution in [0.2, 0.25) is 0 Å². The number of hydrogen-bond donors (Lipinski definition) is 0. The zero-order chi connectivity index (χ0) is 9.60. The molecule has 2 aliphatic heterocycles. The minimum absolute atomic E-state index is 0.349. The predicted molar refractivity (Wildman–Crippen MR) is 56.3 cm³/mol. The third-order valence-corrected chi connectivity index (χ3v) is 4.60. The van der Waals surface area contributed by atoms with E-state index in [1.807, 2.05) is 0 Å². The highest BCUT2D eigenvalue weighted by Crippen LogP contribution is 2.49. The third kappa shape index (κ3) is 1.31. The van der Waals surface area contributed by atoms with Crippen molar-refractivity contribution in [3.63, 3.8) is 0 Å². The van der Waals surface area contributed by atoms with Crippen LogP contribution in [-0.4, -0.2) is 36.7 Å². The molecule has 1 spiro atoms. The number of likely N-dealkylation sites (tertiary alicyclic amines) is 1. The highest BCUT2D eigenvalue weighted by molar-refractivity contribution is 5.05. The normalized spacial score (nSPS) is 48.6. The Morgan fingerprint density at radius 3 is 2.71 bits per heavy atom. The minimum Gasteiger partial charge on any atom is -0.369 e. The smallest absolute Gasteiger partial charge is 0.0959 e. The molecule has 1 aliphatic carbocycles. The summed E-state index contributed by atoms with van der Waals surface area (Å²) in [5.74, 6) is 0.851. The lowest BCUT2D eigenvalue weighted by molar-refractivity contribution is 0.0888. The Kier molecular flexibility index (Phi) is 2.10. The fraction of sp³-hybridized carbons (Fsp3) is 1.00. The van der Waals surface area contributed by atoms with E-state index in [4.69, 9.17) is 4.74 Å². The second-order valence-electron chi connectivity index (χ2n) is 5.40. The quantitative estimate of drug-likeness (QED) is 0.595. The van der Waals surface area contributed by atoms with Gasteiger partial charge >= 0.3 is 0 Å². The Bertz CT molecular complexity index is 224. The summed E-state index contributed by atoms with van der Waals surface area (Å²) in [5, 5.41) is 0. The van der Waals surface area contributed by atoms with Crippen LogP contribution >= 0.6 is 0 Å². The van der Waals surface area contributed by atoms with Gasteiger partial charge in [0.2, 0.25) is 0 Å². The molecule has 0 N–H and O–H groups in total. The van der Waals surface area contributed by atoms with E-state index in [1.54, 1.807) is 0 Å². The molecule has 3 rings (SSSR count). The molecule has 80 valence electrons. The molecule has 0 aromatic heterocycles. The van der Waals surface area contributed by atoms with Crippen molar-refractivity contribution in [2.24, 2.45) is 5.92 Å². The van der Waals surface area contributed by atoms with Crippen LogP contribution in [0, 0.1) is 5.92 Å². The Hall–Kier alpha value is -0.0800. The number of epoxide rings is 1. The highest BCUT2D eigenvalue weighted by Gasteiger charge is 2.55. The average Bonchev–Trinajstić information content (AvgIpc) is 2.82. The summed E-state index contributed by atoms with van der Waals surface area (Å²) in [5.41, 5.74) is 0.349. The zero-order valence-electron chi connectivity index (χ0n) is 9.17. The molecule has 0 aromatic carbocycles. The largest absolute Gasteiger partial charge is 0.369 e. The van der Waals surface area contributed by atoms with Crippen LogP contribution in [0.25, 0.3) is 0 Å². The Morgan fingerprint density at radius 1 is 1.21 bits per heavy atom. The van der Waals surface area contributed by atoms with E-state index in [2.05, 4.69) is 11.9 Å². The monoisotopic (exact) mass is 195 g/mol. The number of ether oxygens (including phenoxy) is 1. The van der Waals surface area contributed by atoms with E-state index in [9.17, 15) is 0 Å². The van der Waals surface area contributed by atoms with Crippen molar-refractivity contribution in [1.82, 2.24) is 4.90 Å². The summed E-state index contributed by atoms with van der Waals surface area (Å²) < 4.78 is 5.78. The van der Waals surface area contributed by atoms with E-state index in [-0.39, 0.29) is 0 Å². The lowest BCUT2D eigenvalue weighted by Crippen LogP contribution is -2.42. The molecule has 3 aliphatic rings. The van der Waals surface area contributed by atoms with E-state index >= 15 is 0 Å². The van der Waals surface area contributed by atoms with Crippen molar-refractivity contribution in [3.05, 3.63) is 0 Å². The minimum atomic E-state index is 0.349. The lowest BCUT2D eigenvalue weighted by Gasteiger charge is -2.36. The SMILES string of the molecule is CN1CCCC1C1CCCCC12CO2. The maximum atomic E-state index is 5.78. The topological polar surface area (TPSA) is 15.8 Å². The Morgan fingerprint density at radius 2 is 2.07 bits per heavy atom. The van der Waals surface area contributed by atoms with Gasteiger partial charge in [-0.15, -0.1) is 0 Å². The summed E-state index contributed by atoms with van der Waals surface area (Å²) in [6.07, 6.45) is 8.38. The first-order chi connectivity index (χ1) is 6.82. The maximum absolute atomic E-state index is 5.78. The predicted octanol–water partition coefficient (Wildman–Crippen LogP) is 2.04. The molecular formula is C12H21NO. The summed E-state index contributed by atoms with van der Waals surface area (Å²) in [6, 6.07) is 0.831. The first-order valence-electron chi connectivity index (χ1n) is 6.16. The molecule has 0 amide bonds. The van der Waals surface area contributed by atoms with Crippen molar-refractivity contribution in [2.75, 3.05) is 20.2 Å². The van der Waals surface area contributed by atoms with Crippen molar-refractivity contribution in [1.29, 1.82) is 0 Å². The molecule has 3 atom stereocenters. The van der Waals surface area contributed by atoms with Gasteiger partial charge in [0, 0.05) is 12.0 Å². The van der Waals surface area contributed by atoms with E-state index in [1.165, 1.54) is 45.1 Å². The van der Waals surface area contributed by atoms with Gasteiger partial charge in [-0.3, -0.25) is 0 Å². The molecule has 2 nitrogen and oxygen atoms in total. The Labute approximate surface area is 86.6 Å². The van der Waals surface area contributed by atoms with Crippen molar-refractivity contribution >= 4 is 0 Å². The van der Waals surface area contributed by atoms with E-state index in [0.29, 0.717) is 5.60 Å². The van der Waals surface area contributed by atoms with E-state index in [0.717, 1.165) is 18.6 Å². The molecule has 2 heterocycles. The zero-order valence-corrected chi connectivity index (χ0v) is 9.17. The second-order valence-corrected chi connectivity index (χ2v) is 5.40. The van der Waals surface area contributed by atoms with Crippen LogP contribution in [0.4, 0.5) is 0 Å². The number of rotatable bonds is 1. The summed E-state index contributed by atoms with van der Waals surface area (Å²) in [7, 11) is 2.29. The average molecular weight is 195 g/mol. The summed E-state index contributed by atoms with van der Waals surface area (Å²) >= 11 is 0. The van der Waals surface area contributed by atoms with Crippen LogP contribution in [-0.2, 0) is 4.74 Å². The lowest BCUT2D eigenvalue weighted by atomic mass is 9.74. The first kappa shape index (κ1) is 9.17. The number of nitrogens with zero attached hydrogens (tertiary/aromatic N) is 1. The van der Waals surface area contributed by atoms with Crippen LogP contribution in [0.3, 0.4) is 0 Å². The van der Waals surface area contributed by atoms with Gasteiger partial charge in [0.1, 0.15) is 0 Å². The number of hydrogen-bond acceptors (Lipinski definition) is 2. The fourth-order valence-corrected chi connectivity index (χ4v) is 3.68. The van der Waals surface area contributed by atoms with Crippen LogP contribution < -0.4 is 0 Å². The molecule has 3 unspecified atom stereocenters. The molecule has 0 radical (unpaired) electrons. The van der Waals surface area contributed by atoms with Gasteiger partial charge in [-0.1, -0.05) is 12.8 Å². The molecule has 1 saturated carbocycles. The third-order valence-electron chi connectivity index (χ3n) is 4.60. The van der Waals surface area contributed by atoms with Crippen molar-refractivity contribution in [2.45, 2.75) is 50.2 Å². The second kappa shape index (κ2) is 3.21. The molecule has 3 fully saturated rings. The molecule has 14 heavy (non-hydrogen) atoms. The Balaban J connectivity index is 1.75.